The highest BCUT2D eigenvalue weighted by molar-refractivity contribution is 5.17. The Bertz CT molecular complexity index is 264. The fraction of sp³-hybridized carbons (Fsp3) is 0.333. The molecule has 1 aromatic rings. The van der Waals surface area contributed by atoms with Crippen LogP contribution in [-0.2, 0) is 6.42 Å². The van der Waals surface area contributed by atoms with Crippen molar-refractivity contribution >= 4 is 0 Å². The Morgan fingerprint density at radius 2 is 2.00 bits per heavy atom. The van der Waals surface area contributed by atoms with E-state index >= 15 is 0 Å². The Labute approximate surface area is 80.3 Å². The van der Waals surface area contributed by atoms with E-state index in [1.165, 1.54) is 5.56 Å². The van der Waals surface area contributed by atoms with Crippen LogP contribution in [0, 0.1) is 5.92 Å². The predicted octanol–water partition coefficient (Wildman–Crippen LogP) is 2.38. The maximum Gasteiger partial charge on any atom is 0.0136 e. The Hall–Kier alpha value is -1.08. The SMILES string of the molecule is C=C(CN)C(C)Cc1ccccc1. The first kappa shape index (κ1) is 10.0. The van der Waals surface area contributed by atoms with Crippen LogP contribution in [0.15, 0.2) is 42.5 Å². The molecule has 0 aliphatic rings. The van der Waals surface area contributed by atoms with Crippen molar-refractivity contribution in [1.29, 1.82) is 0 Å². The first-order valence-electron chi connectivity index (χ1n) is 4.65. The molecule has 0 aromatic heterocycles. The molecule has 0 spiro atoms. The molecular weight excluding hydrogens is 158 g/mol. The molecule has 0 saturated heterocycles. The number of hydrogen-bond donors (Lipinski definition) is 1. The van der Waals surface area contributed by atoms with Crippen molar-refractivity contribution in [2.45, 2.75) is 13.3 Å². The zero-order valence-corrected chi connectivity index (χ0v) is 8.16. The summed E-state index contributed by atoms with van der Waals surface area (Å²) in [5.41, 5.74) is 8.01. The molecule has 1 rings (SSSR count). The van der Waals surface area contributed by atoms with Crippen LogP contribution < -0.4 is 5.73 Å². The smallest absolute Gasteiger partial charge is 0.0136 e. The zero-order chi connectivity index (χ0) is 9.68. The van der Waals surface area contributed by atoms with Crippen LogP contribution in [0.3, 0.4) is 0 Å². The molecule has 0 heterocycles. The molecule has 1 atom stereocenters. The molecular formula is C12H17N. The maximum atomic E-state index is 5.53. The van der Waals surface area contributed by atoms with E-state index in [0.29, 0.717) is 12.5 Å². The van der Waals surface area contributed by atoms with E-state index in [2.05, 4.69) is 37.8 Å². The van der Waals surface area contributed by atoms with Crippen molar-refractivity contribution in [2.75, 3.05) is 6.54 Å². The summed E-state index contributed by atoms with van der Waals surface area (Å²) in [6.45, 7) is 6.70. The van der Waals surface area contributed by atoms with Gasteiger partial charge in [-0.3, -0.25) is 0 Å². The third kappa shape index (κ3) is 3.03. The van der Waals surface area contributed by atoms with Crippen LogP contribution in [0.25, 0.3) is 0 Å². The number of nitrogens with two attached hydrogens (primary N) is 1. The average molecular weight is 175 g/mol. The topological polar surface area (TPSA) is 26.0 Å². The minimum Gasteiger partial charge on any atom is -0.327 e. The van der Waals surface area contributed by atoms with Crippen LogP contribution >= 0.6 is 0 Å². The Kier molecular flexibility index (Phi) is 3.71. The molecule has 13 heavy (non-hydrogen) atoms. The summed E-state index contributed by atoms with van der Waals surface area (Å²) in [6.07, 6.45) is 1.04. The molecule has 1 nitrogen and oxygen atoms in total. The van der Waals surface area contributed by atoms with Gasteiger partial charge in [0.25, 0.3) is 0 Å². The third-order valence-corrected chi connectivity index (χ3v) is 2.34. The monoisotopic (exact) mass is 175 g/mol. The lowest BCUT2D eigenvalue weighted by Gasteiger charge is -2.12. The molecule has 2 N–H and O–H groups in total. The molecule has 0 radical (unpaired) electrons. The van der Waals surface area contributed by atoms with Crippen molar-refractivity contribution in [3.63, 3.8) is 0 Å². The van der Waals surface area contributed by atoms with E-state index in [9.17, 15) is 0 Å². The summed E-state index contributed by atoms with van der Waals surface area (Å²) in [5.74, 6) is 0.479. The molecule has 0 aliphatic carbocycles. The van der Waals surface area contributed by atoms with Crippen LogP contribution in [0.2, 0.25) is 0 Å². The van der Waals surface area contributed by atoms with Gasteiger partial charge in [-0.2, -0.15) is 0 Å². The quantitative estimate of drug-likeness (QED) is 0.699. The van der Waals surface area contributed by atoms with Gasteiger partial charge in [0.05, 0.1) is 0 Å². The van der Waals surface area contributed by atoms with E-state index < -0.39 is 0 Å². The average Bonchev–Trinajstić information content (AvgIpc) is 2.18. The molecule has 70 valence electrons. The summed E-state index contributed by atoms with van der Waals surface area (Å²) in [5, 5.41) is 0. The van der Waals surface area contributed by atoms with Gasteiger partial charge >= 0.3 is 0 Å². The second kappa shape index (κ2) is 4.83. The molecule has 0 aliphatic heterocycles. The normalized spacial score (nSPS) is 12.5. The van der Waals surface area contributed by atoms with Gasteiger partial charge in [-0.1, -0.05) is 49.4 Å². The van der Waals surface area contributed by atoms with Crippen LogP contribution in [-0.4, -0.2) is 6.54 Å². The lowest BCUT2D eigenvalue weighted by Crippen LogP contribution is -2.11. The van der Waals surface area contributed by atoms with Crippen molar-refractivity contribution in [3.05, 3.63) is 48.0 Å². The fourth-order valence-corrected chi connectivity index (χ4v) is 1.31. The van der Waals surface area contributed by atoms with Crippen molar-refractivity contribution < 1.29 is 0 Å². The van der Waals surface area contributed by atoms with E-state index in [-0.39, 0.29) is 0 Å². The molecule has 1 unspecified atom stereocenters. The highest BCUT2D eigenvalue weighted by Gasteiger charge is 2.05. The Morgan fingerprint density at radius 3 is 2.54 bits per heavy atom. The second-order valence-electron chi connectivity index (χ2n) is 3.45. The first-order valence-corrected chi connectivity index (χ1v) is 4.65. The number of rotatable bonds is 4. The summed E-state index contributed by atoms with van der Waals surface area (Å²) < 4.78 is 0. The van der Waals surface area contributed by atoms with Crippen LogP contribution in [0.1, 0.15) is 12.5 Å². The third-order valence-electron chi connectivity index (χ3n) is 2.34. The van der Waals surface area contributed by atoms with Gasteiger partial charge in [0, 0.05) is 6.54 Å². The first-order chi connectivity index (χ1) is 6.24. The number of hydrogen-bond acceptors (Lipinski definition) is 1. The van der Waals surface area contributed by atoms with Crippen molar-refractivity contribution in [3.8, 4) is 0 Å². The summed E-state index contributed by atoms with van der Waals surface area (Å²) in [6, 6.07) is 10.4. The Balaban J connectivity index is 2.55. The highest BCUT2D eigenvalue weighted by atomic mass is 14.5. The molecule has 1 aromatic carbocycles. The van der Waals surface area contributed by atoms with Gasteiger partial charge < -0.3 is 5.73 Å². The van der Waals surface area contributed by atoms with Gasteiger partial charge in [-0.25, -0.2) is 0 Å². The summed E-state index contributed by atoms with van der Waals surface area (Å²) in [4.78, 5) is 0. The van der Waals surface area contributed by atoms with Crippen LogP contribution in [0.5, 0.6) is 0 Å². The van der Waals surface area contributed by atoms with Gasteiger partial charge in [-0.15, -0.1) is 0 Å². The van der Waals surface area contributed by atoms with Gasteiger partial charge in [0.2, 0.25) is 0 Å². The van der Waals surface area contributed by atoms with Crippen molar-refractivity contribution in [1.82, 2.24) is 0 Å². The lowest BCUT2D eigenvalue weighted by molar-refractivity contribution is 0.666. The minimum atomic E-state index is 0.479. The molecule has 1 heteroatoms. The van der Waals surface area contributed by atoms with Gasteiger partial charge in [0.15, 0.2) is 0 Å². The summed E-state index contributed by atoms with van der Waals surface area (Å²) in [7, 11) is 0. The van der Waals surface area contributed by atoms with E-state index in [1.807, 2.05) is 6.07 Å². The van der Waals surface area contributed by atoms with Crippen molar-refractivity contribution in [2.24, 2.45) is 11.7 Å². The Morgan fingerprint density at radius 1 is 1.38 bits per heavy atom. The van der Waals surface area contributed by atoms with Gasteiger partial charge in [0.1, 0.15) is 0 Å². The van der Waals surface area contributed by atoms with E-state index in [1.54, 1.807) is 0 Å². The summed E-state index contributed by atoms with van der Waals surface area (Å²) >= 11 is 0. The van der Waals surface area contributed by atoms with E-state index in [4.69, 9.17) is 5.73 Å². The van der Waals surface area contributed by atoms with E-state index in [0.717, 1.165) is 12.0 Å². The highest BCUT2D eigenvalue weighted by Crippen LogP contribution is 2.13. The minimum absolute atomic E-state index is 0.479. The predicted molar refractivity (Wildman–Crippen MR) is 57.5 cm³/mol. The molecule has 0 amide bonds. The number of benzene rings is 1. The lowest BCUT2D eigenvalue weighted by atomic mass is 9.95. The molecule has 0 fully saturated rings. The second-order valence-corrected chi connectivity index (χ2v) is 3.45. The molecule has 0 saturated carbocycles. The zero-order valence-electron chi connectivity index (χ0n) is 8.16. The van der Waals surface area contributed by atoms with Crippen LogP contribution in [0.4, 0.5) is 0 Å². The molecule has 0 bridgehead atoms. The maximum absolute atomic E-state index is 5.53. The largest absolute Gasteiger partial charge is 0.327 e. The fourth-order valence-electron chi connectivity index (χ4n) is 1.31. The van der Waals surface area contributed by atoms with Gasteiger partial charge in [-0.05, 0) is 17.9 Å². The standard InChI is InChI=1S/C12H17N/c1-10(11(2)9-13)8-12-6-4-3-5-7-12/h3-7,10H,2,8-9,13H2,1H3.